The first-order valence-corrected chi connectivity index (χ1v) is 9.28. The highest BCUT2D eigenvalue weighted by Gasteiger charge is 2.20. The number of anilines is 1. The third-order valence-electron chi connectivity index (χ3n) is 4.42. The van der Waals surface area contributed by atoms with Gasteiger partial charge in [0.2, 0.25) is 0 Å². The second kappa shape index (κ2) is 7.01. The Labute approximate surface area is 168 Å². The molecule has 0 aliphatic carbocycles. The maximum Gasteiger partial charge on any atom is 0.269 e. The summed E-state index contributed by atoms with van der Waals surface area (Å²) in [4.78, 5) is 19.8. The maximum atomic E-state index is 10.9. The lowest BCUT2D eigenvalue weighted by Crippen LogP contribution is -2.27. The van der Waals surface area contributed by atoms with Gasteiger partial charge in [0.05, 0.1) is 16.8 Å². The molecule has 0 spiro atoms. The fraction of sp³-hybridized carbons (Fsp3) is 0.182. The van der Waals surface area contributed by atoms with E-state index in [0.717, 1.165) is 28.3 Å². The van der Waals surface area contributed by atoms with Gasteiger partial charge in [-0.05, 0) is 32.9 Å². The van der Waals surface area contributed by atoms with Crippen LogP contribution in [0.5, 0.6) is 0 Å². The summed E-state index contributed by atoms with van der Waals surface area (Å²) in [5.74, 6) is 0.879. The van der Waals surface area contributed by atoms with Gasteiger partial charge in [-0.15, -0.1) is 0 Å². The van der Waals surface area contributed by atoms with Crippen LogP contribution in [-0.2, 0) is 0 Å². The van der Waals surface area contributed by atoms with Gasteiger partial charge in [-0.1, -0.05) is 30.3 Å². The number of imidazole rings is 1. The average Bonchev–Trinajstić information content (AvgIpc) is 3.05. The fourth-order valence-corrected chi connectivity index (χ4v) is 3.13. The standard InChI is InChI=1S/C22H21N5O2/c1-22(2,3)25-21-20(16-7-5-4-6-8-16)24-19-13-23-18(14-26(19)21)15-9-11-17(12-10-15)27(28)29/h4-14,25H,1-3H3. The van der Waals surface area contributed by atoms with Crippen LogP contribution in [0.1, 0.15) is 20.8 Å². The Morgan fingerprint density at radius 1 is 1.00 bits per heavy atom. The second-order valence-corrected chi connectivity index (χ2v) is 7.85. The number of benzene rings is 2. The van der Waals surface area contributed by atoms with E-state index in [1.807, 2.05) is 40.9 Å². The van der Waals surface area contributed by atoms with Crippen LogP contribution in [0.25, 0.3) is 28.2 Å². The molecule has 0 aliphatic heterocycles. The highest BCUT2D eigenvalue weighted by molar-refractivity contribution is 5.77. The molecule has 2 heterocycles. The zero-order valence-corrected chi connectivity index (χ0v) is 16.5. The lowest BCUT2D eigenvalue weighted by Gasteiger charge is -2.22. The van der Waals surface area contributed by atoms with Crippen molar-refractivity contribution in [2.75, 3.05) is 5.32 Å². The monoisotopic (exact) mass is 387 g/mol. The van der Waals surface area contributed by atoms with Crippen molar-refractivity contribution in [1.29, 1.82) is 0 Å². The first-order chi connectivity index (χ1) is 13.8. The minimum Gasteiger partial charge on any atom is -0.365 e. The normalized spacial score (nSPS) is 11.6. The van der Waals surface area contributed by atoms with Gasteiger partial charge in [0.25, 0.3) is 5.69 Å². The van der Waals surface area contributed by atoms with E-state index in [-0.39, 0.29) is 11.2 Å². The molecular weight excluding hydrogens is 366 g/mol. The van der Waals surface area contributed by atoms with E-state index in [9.17, 15) is 10.1 Å². The zero-order chi connectivity index (χ0) is 20.6. The molecule has 0 amide bonds. The molecule has 0 fully saturated rings. The fourth-order valence-electron chi connectivity index (χ4n) is 3.13. The number of nitro benzene ring substituents is 1. The molecule has 0 saturated carbocycles. The molecule has 0 radical (unpaired) electrons. The minimum atomic E-state index is -0.409. The Balaban J connectivity index is 1.87. The van der Waals surface area contributed by atoms with Gasteiger partial charge in [0, 0.05) is 35.0 Å². The summed E-state index contributed by atoms with van der Waals surface area (Å²) in [5, 5.41) is 14.5. The Bertz CT molecular complexity index is 1180. The van der Waals surface area contributed by atoms with Gasteiger partial charge in [-0.2, -0.15) is 0 Å². The van der Waals surface area contributed by atoms with Crippen molar-refractivity contribution in [3.8, 4) is 22.5 Å². The van der Waals surface area contributed by atoms with Crippen molar-refractivity contribution in [3.63, 3.8) is 0 Å². The molecule has 7 nitrogen and oxygen atoms in total. The first kappa shape index (κ1) is 18.6. The van der Waals surface area contributed by atoms with Crippen molar-refractivity contribution in [2.24, 2.45) is 0 Å². The maximum absolute atomic E-state index is 10.9. The van der Waals surface area contributed by atoms with E-state index in [0.29, 0.717) is 5.69 Å². The summed E-state index contributed by atoms with van der Waals surface area (Å²) in [7, 11) is 0. The predicted octanol–water partition coefficient (Wildman–Crippen LogP) is 5.18. The number of non-ortho nitro benzene ring substituents is 1. The summed E-state index contributed by atoms with van der Waals surface area (Å²) in [6.07, 6.45) is 3.63. The number of hydrogen-bond donors (Lipinski definition) is 1. The molecule has 0 atom stereocenters. The van der Waals surface area contributed by atoms with Crippen molar-refractivity contribution in [2.45, 2.75) is 26.3 Å². The second-order valence-electron chi connectivity index (χ2n) is 7.85. The largest absolute Gasteiger partial charge is 0.365 e. The Morgan fingerprint density at radius 3 is 2.31 bits per heavy atom. The lowest BCUT2D eigenvalue weighted by molar-refractivity contribution is -0.384. The van der Waals surface area contributed by atoms with Crippen LogP contribution in [0.15, 0.2) is 67.0 Å². The molecule has 2 aromatic heterocycles. The van der Waals surface area contributed by atoms with Crippen LogP contribution in [0, 0.1) is 10.1 Å². The van der Waals surface area contributed by atoms with Crippen molar-refractivity contribution in [3.05, 3.63) is 77.1 Å². The van der Waals surface area contributed by atoms with Crippen molar-refractivity contribution in [1.82, 2.24) is 14.4 Å². The smallest absolute Gasteiger partial charge is 0.269 e. The topological polar surface area (TPSA) is 85.4 Å². The summed E-state index contributed by atoms with van der Waals surface area (Å²) in [5.41, 5.74) is 3.98. The van der Waals surface area contributed by atoms with Crippen LogP contribution in [0.2, 0.25) is 0 Å². The molecule has 1 N–H and O–H groups in total. The summed E-state index contributed by atoms with van der Waals surface area (Å²) in [6.45, 7) is 6.29. The molecule has 0 unspecified atom stereocenters. The average molecular weight is 387 g/mol. The number of nitro groups is 1. The Morgan fingerprint density at radius 2 is 1.69 bits per heavy atom. The molecule has 0 aliphatic rings. The van der Waals surface area contributed by atoms with Gasteiger partial charge in [-0.25, -0.2) is 4.98 Å². The molecule has 0 saturated heterocycles. The van der Waals surface area contributed by atoms with Gasteiger partial charge >= 0.3 is 0 Å². The van der Waals surface area contributed by atoms with E-state index in [4.69, 9.17) is 4.98 Å². The number of fused-ring (bicyclic) bond motifs is 1. The van der Waals surface area contributed by atoms with Crippen LogP contribution in [0.4, 0.5) is 11.5 Å². The van der Waals surface area contributed by atoms with Crippen LogP contribution in [0.3, 0.4) is 0 Å². The van der Waals surface area contributed by atoms with E-state index in [1.54, 1.807) is 18.3 Å². The molecule has 2 aromatic carbocycles. The third-order valence-corrected chi connectivity index (χ3v) is 4.42. The third kappa shape index (κ3) is 3.80. The van der Waals surface area contributed by atoms with Crippen molar-refractivity contribution >= 4 is 17.2 Å². The summed E-state index contributed by atoms with van der Waals surface area (Å²) >= 11 is 0. The minimum absolute atomic E-state index is 0.0545. The molecule has 4 aromatic rings. The van der Waals surface area contributed by atoms with Gasteiger partial charge in [0.1, 0.15) is 11.5 Å². The van der Waals surface area contributed by atoms with Crippen LogP contribution < -0.4 is 5.32 Å². The molecule has 146 valence electrons. The first-order valence-electron chi connectivity index (χ1n) is 9.28. The zero-order valence-electron chi connectivity index (χ0n) is 16.5. The number of rotatable bonds is 4. The number of nitrogens with one attached hydrogen (secondary N) is 1. The van der Waals surface area contributed by atoms with Gasteiger partial charge in [-0.3, -0.25) is 19.5 Å². The summed E-state index contributed by atoms with van der Waals surface area (Å²) < 4.78 is 1.98. The van der Waals surface area contributed by atoms with E-state index in [2.05, 4.69) is 31.1 Å². The van der Waals surface area contributed by atoms with Crippen LogP contribution in [-0.4, -0.2) is 24.8 Å². The predicted molar refractivity (Wildman–Crippen MR) is 114 cm³/mol. The SMILES string of the molecule is CC(C)(C)Nc1c(-c2ccccc2)nc2cnc(-c3ccc([N+](=O)[O-])cc3)cn12. The van der Waals surface area contributed by atoms with E-state index < -0.39 is 4.92 Å². The van der Waals surface area contributed by atoms with Crippen LogP contribution >= 0.6 is 0 Å². The van der Waals surface area contributed by atoms with Gasteiger partial charge in [0.15, 0.2) is 5.65 Å². The molecule has 7 heteroatoms. The molecule has 29 heavy (non-hydrogen) atoms. The molecule has 4 rings (SSSR count). The van der Waals surface area contributed by atoms with E-state index in [1.165, 1.54) is 12.1 Å². The highest BCUT2D eigenvalue weighted by atomic mass is 16.6. The number of nitrogens with zero attached hydrogens (tertiary/aromatic N) is 4. The van der Waals surface area contributed by atoms with Gasteiger partial charge < -0.3 is 5.32 Å². The quantitative estimate of drug-likeness (QED) is 0.385. The number of hydrogen-bond acceptors (Lipinski definition) is 5. The Hall–Kier alpha value is -3.74. The Kier molecular flexibility index (Phi) is 4.50. The lowest BCUT2D eigenvalue weighted by atomic mass is 10.1. The highest BCUT2D eigenvalue weighted by Crippen LogP contribution is 2.32. The summed E-state index contributed by atoms with van der Waals surface area (Å²) in [6, 6.07) is 16.4. The van der Waals surface area contributed by atoms with Crippen molar-refractivity contribution < 1.29 is 4.92 Å². The molecular formula is C22H21N5O2. The molecule has 0 bridgehead atoms. The van der Waals surface area contributed by atoms with E-state index >= 15 is 0 Å². The number of aromatic nitrogens is 3.